The Labute approximate surface area is 276 Å². The molecule has 0 unspecified atom stereocenters. The standard InChI is InChI=1S/C37H32ClFN2O6/c1-37-26(13-8-20-9-15-30(42)31(16-20)47-2)23-11-12-24-32(35(45)40(33(24)43)19-21-6-4-3-5-7-21)25(23)18-27(37)34(44)41(36(37)46)22-10-14-29(39)28(38)17-22/h3-11,13-17,24-27,32,42H,12,18-19H2,1-2H3/t24-,25+,26-,27-,32-,37-/m0/s1. The van der Waals surface area contributed by atoms with Crippen LogP contribution in [0.1, 0.15) is 30.9 Å². The molecule has 8 nitrogen and oxygen atoms in total. The molecule has 240 valence electrons. The van der Waals surface area contributed by atoms with Crippen LogP contribution < -0.4 is 9.64 Å². The molecule has 3 aromatic rings. The molecule has 2 aliphatic carbocycles. The zero-order valence-electron chi connectivity index (χ0n) is 25.7. The molecule has 2 saturated heterocycles. The highest BCUT2D eigenvalue weighted by atomic mass is 35.5. The summed E-state index contributed by atoms with van der Waals surface area (Å²) in [5.74, 6) is -4.95. The van der Waals surface area contributed by atoms with Crippen LogP contribution in [0.2, 0.25) is 5.02 Å². The topological polar surface area (TPSA) is 104 Å². The third-order valence-electron chi connectivity index (χ3n) is 10.5. The number of rotatable bonds is 6. The van der Waals surface area contributed by atoms with Crippen molar-refractivity contribution in [3.63, 3.8) is 0 Å². The maximum atomic E-state index is 14.4. The molecule has 47 heavy (non-hydrogen) atoms. The summed E-state index contributed by atoms with van der Waals surface area (Å²) in [6, 6.07) is 17.9. The van der Waals surface area contributed by atoms with Crippen LogP contribution >= 0.6 is 11.6 Å². The second-order valence-corrected chi connectivity index (χ2v) is 13.3. The van der Waals surface area contributed by atoms with Gasteiger partial charge in [0.1, 0.15) is 5.82 Å². The van der Waals surface area contributed by atoms with Crippen molar-refractivity contribution in [1.82, 2.24) is 4.90 Å². The summed E-state index contributed by atoms with van der Waals surface area (Å²) >= 11 is 6.07. The summed E-state index contributed by atoms with van der Waals surface area (Å²) in [7, 11) is 1.45. The summed E-state index contributed by atoms with van der Waals surface area (Å²) in [4.78, 5) is 58.8. The quantitative estimate of drug-likeness (QED) is 0.252. The summed E-state index contributed by atoms with van der Waals surface area (Å²) in [5, 5.41) is 9.90. The molecule has 4 amide bonds. The van der Waals surface area contributed by atoms with E-state index in [9.17, 15) is 28.7 Å². The molecule has 7 rings (SSSR count). The first-order chi connectivity index (χ1) is 22.5. The SMILES string of the molecule is COc1cc(C=C[C@H]2C3=CC[C@@H]4C(=O)N(Cc5ccccc5)C(=O)[C@@H]4[C@@H]3C[C@H]3C(=O)N(c4ccc(F)c(Cl)c4)C(=O)[C@@]23C)ccc1O. The fraction of sp³-hybridized carbons (Fsp3) is 0.297. The van der Waals surface area contributed by atoms with Gasteiger partial charge in [-0.3, -0.25) is 24.1 Å². The zero-order chi connectivity index (χ0) is 33.2. The Morgan fingerprint density at radius 1 is 1.00 bits per heavy atom. The Morgan fingerprint density at radius 3 is 2.49 bits per heavy atom. The van der Waals surface area contributed by atoms with Crippen molar-refractivity contribution in [2.24, 2.45) is 35.0 Å². The lowest BCUT2D eigenvalue weighted by molar-refractivity contribution is -0.141. The highest BCUT2D eigenvalue weighted by Crippen LogP contribution is 2.61. The molecule has 0 radical (unpaired) electrons. The van der Waals surface area contributed by atoms with Gasteiger partial charge in [-0.1, -0.05) is 71.8 Å². The molecule has 0 spiro atoms. The number of methoxy groups -OCH3 is 1. The smallest absolute Gasteiger partial charge is 0.241 e. The Bertz CT molecular complexity index is 1890. The van der Waals surface area contributed by atoms with Crippen molar-refractivity contribution in [3.05, 3.63) is 106 Å². The number of nitrogens with zero attached hydrogens (tertiary/aromatic N) is 2. The number of ether oxygens (including phenoxy) is 1. The van der Waals surface area contributed by atoms with E-state index in [0.29, 0.717) is 12.0 Å². The van der Waals surface area contributed by atoms with Crippen LogP contribution in [-0.2, 0) is 25.7 Å². The van der Waals surface area contributed by atoms with E-state index < -0.39 is 52.6 Å². The lowest BCUT2D eigenvalue weighted by atomic mass is 9.52. The highest BCUT2D eigenvalue weighted by molar-refractivity contribution is 6.31. The fourth-order valence-electron chi connectivity index (χ4n) is 8.08. The predicted octanol–water partition coefficient (Wildman–Crippen LogP) is 6.17. The number of allylic oxidation sites excluding steroid dienone is 3. The van der Waals surface area contributed by atoms with Gasteiger partial charge in [0.15, 0.2) is 11.5 Å². The monoisotopic (exact) mass is 654 g/mol. The number of hydrogen-bond donors (Lipinski definition) is 1. The van der Waals surface area contributed by atoms with Crippen LogP contribution in [0.4, 0.5) is 10.1 Å². The van der Waals surface area contributed by atoms with E-state index in [1.807, 2.05) is 48.6 Å². The van der Waals surface area contributed by atoms with Gasteiger partial charge < -0.3 is 9.84 Å². The van der Waals surface area contributed by atoms with Gasteiger partial charge in [0.05, 0.1) is 47.5 Å². The number of benzene rings is 3. The Morgan fingerprint density at radius 2 is 1.77 bits per heavy atom. The first-order valence-electron chi connectivity index (χ1n) is 15.5. The minimum absolute atomic E-state index is 0.0231. The molecule has 1 N–H and O–H groups in total. The molecule has 6 atom stereocenters. The maximum Gasteiger partial charge on any atom is 0.241 e. The van der Waals surface area contributed by atoms with Gasteiger partial charge in [-0.15, -0.1) is 0 Å². The number of halogens is 2. The van der Waals surface area contributed by atoms with Crippen LogP contribution in [0, 0.1) is 40.8 Å². The van der Waals surface area contributed by atoms with E-state index >= 15 is 0 Å². The lowest BCUT2D eigenvalue weighted by Gasteiger charge is -2.47. The number of carbonyl (C=O) groups excluding carboxylic acids is 4. The number of amides is 4. The van der Waals surface area contributed by atoms with Gasteiger partial charge in [0.25, 0.3) is 0 Å². The van der Waals surface area contributed by atoms with Crippen LogP contribution in [0.3, 0.4) is 0 Å². The summed E-state index contributed by atoms with van der Waals surface area (Å²) in [6.07, 6.45) is 6.19. The van der Waals surface area contributed by atoms with Crippen LogP contribution in [-0.4, -0.2) is 40.7 Å². The fourth-order valence-corrected chi connectivity index (χ4v) is 8.26. The van der Waals surface area contributed by atoms with Crippen LogP contribution in [0.15, 0.2) is 84.5 Å². The van der Waals surface area contributed by atoms with Crippen molar-refractivity contribution < 1.29 is 33.4 Å². The van der Waals surface area contributed by atoms with Gasteiger partial charge in [-0.25, -0.2) is 9.29 Å². The zero-order valence-corrected chi connectivity index (χ0v) is 26.5. The van der Waals surface area contributed by atoms with Gasteiger partial charge >= 0.3 is 0 Å². The number of hydrogen-bond acceptors (Lipinski definition) is 6. The molecule has 2 heterocycles. The Balaban J connectivity index is 1.31. The third-order valence-corrected chi connectivity index (χ3v) is 10.8. The number of imide groups is 2. The van der Waals surface area contributed by atoms with E-state index in [2.05, 4.69) is 0 Å². The molecule has 4 aliphatic rings. The van der Waals surface area contributed by atoms with Gasteiger partial charge in [-0.2, -0.15) is 0 Å². The number of fused-ring (bicyclic) bond motifs is 4. The Hall–Kier alpha value is -4.76. The molecule has 0 bridgehead atoms. The average molecular weight is 655 g/mol. The largest absolute Gasteiger partial charge is 0.504 e. The van der Waals surface area contributed by atoms with Gasteiger partial charge in [0, 0.05) is 5.92 Å². The van der Waals surface area contributed by atoms with Crippen molar-refractivity contribution >= 4 is 47.0 Å². The minimum atomic E-state index is -1.25. The summed E-state index contributed by atoms with van der Waals surface area (Å²) in [6.45, 7) is 1.93. The molecule has 3 fully saturated rings. The van der Waals surface area contributed by atoms with E-state index in [0.717, 1.165) is 22.1 Å². The number of carbonyl (C=O) groups is 4. The molecular formula is C37H32ClFN2O6. The van der Waals surface area contributed by atoms with Crippen molar-refractivity contribution in [2.75, 3.05) is 12.0 Å². The first kappa shape index (κ1) is 30.9. The molecule has 3 aromatic carbocycles. The predicted molar refractivity (Wildman–Crippen MR) is 172 cm³/mol. The molecule has 0 aromatic heterocycles. The molecular weight excluding hydrogens is 623 g/mol. The maximum absolute atomic E-state index is 14.4. The first-order valence-corrected chi connectivity index (χ1v) is 15.9. The summed E-state index contributed by atoms with van der Waals surface area (Å²) in [5.41, 5.74) is 1.29. The van der Waals surface area contributed by atoms with E-state index in [1.54, 1.807) is 19.1 Å². The highest BCUT2D eigenvalue weighted by Gasteiger charge is 2.66. The number of aromatic hydroxyl groups is 1. The van der Waals surface area contributed by atoms with Crippen molar-refractivity contribution in [2.45, 2.75) is 26.3 Å². The second kappa shape index (κ2) is 11.5. The van der Waals surface area contributed by atoms with Crippen molar-refractivity contribution in [3.8, 4) is 11.5 Å². The van der Waals surface area contributed by atoms with E-state index in [-0.39, 0.29) is 47.0 Å². The lowest BCUT2D eigenvalue weighted by Crippen LogP contribution is -2.49. The number of phenols is 1. The third kappa shape index (κ3) is 4.78. The molecule has 2 aliphatic heterocycles. The van der Waals surface area contributed by atoms with Gasteiger partial charge in [0.2, 0.25) is 23.6 Å². The number of likely N-dealkylation sites (tertiary alicyclic amines) is 1. The van der Waals surface area contributed by atoms with E-state index in [4.69, 9.17) is 16.3 Å². The van der Waals surface area contributed by atoms with Crippen molar-refractivity contribution in [1.29, 1.82) is 0 Å². The minimum Gasteiger partial charge on any atom is -0.504 e. The second-order valence-electron chi connectivity index (χ2n) is 12.8. The molecule has 10 heteroatoms. The Kier molecular flexibility index (Phi) is 7.55. The molecule has 1 saturated carbocycles. The van der Waals surface area contributed by atoms with Crippen LogP contribution in [0.5, 0.6) is 11.5 Å². The van der Waals surface area contributed by atoms with Gasteiger partial charge in [-0.05, 0) is 67.1 Å². The average Bonchev–Trinajstić information content (AvgIpc) is 3.42. The van der Waals surface area contributed by atoms with Crippen LogP contribution in [0.25, 0.3) is 6.08 Å². The van der Waals surface area contributed by atoms with E-state index in [1.165, 1.54) is 30.2 Å². The summed E-state index contributed by atoms with van der Waals surface area (Å²) < 4.78 is 19.4. The normalized spacial score (nSPS) is 28.4. The number of phenolic OH excluding ortho intramolecular Hbond substituents is 1. The number of anilines is 1.